The molecule has 0 heterocycles. The van der Waals surface area contributed by atoms with Crippen LogP contribution < -0.4 is 0 Å². The Morgan fingerprint density at radius 1 is 0.625 bits per heavy atom. The molecule has 3 aliphatic carbocycles. The van der Waals surface area contributed by atoms with E-state index in [4.69, 9.17) is 0 Å². The smallest absolute Gasteiger partial charge is 0.0241 e. The normalized spacial score (nSPS) is 34.9. The van der Waals surface area contributed by atoms with Crippen LogP contribution >= 0.6 is 0 Å². The van der Waals surface area contributed by atoms with Crippen molar-refractivity contribution in [2.24, 2.45) is 16.2 Å². The maximum absolute atomic E-state index is 2.57. The minimum absolute atomic E-state index is 0.636. The second-order valence-electron chi connectivity index (χ2n) is 7.76. The maximum Gasteiger partial charge on any atom is -0.0241 e. The molecule has 0 aliphatic heterocycles. The van der Waals surface area contributed by atoms with Crippen molar-refractivity contribution in [2.45, 2.75) is 84.5 Å². The molecule has 0 atom stereocenters. The molecule has 0 amide bonds. The van der Waals surface area contributed by atoms with E-state index in [0.717, 1.165) is 10.8 Å². The fraction of sp³-hybridized carbons (Fsp3) is 1.00. The molecule has 0 saturated heterocycles. The van der Waals surface area contributed by atoms with E-state index in [2.05, 4.69) is 13.8 Å². The average Bonchev–Trinajstić information content (AvgIpc) is 2.85. The summed E-state index contributed by atoms with van der Waals surface area (Å²) in [5, 5.41) is 0. The van der Waals surface area contributed by atoms with Crippen LogP contribution in [0, 0.1) is 16.2 Å². The van der Waals surface area contributed by atoms with E-state index in [0.29, 0.717) is 5.41 Å². The van der Waals surface area contributed by atoms with Crippen molar-refractivity contribution in [2.75, 3.05) is 0 Å². The molecule has 2 spiro atoms. The zero-order valence-corrected chi connectivity index (χ0v) is 11.3. The molecule has 16 heavy (non-hydrogen) atoms. The highest BCUT2D eigenvalue weighted by atomic mass is 14.6. The fourth-order valence-electron chi connectivity index (χ4n) is 5.35. The molecule has 3 saturated carbocycles. The summed E-state index contributed by atoms with van der Waals surface area (Å²) in [4.78, 5) is 0. The first-order chi connectivity index (χ1) is 7.58. The van der Waals surface area contributed by atoms with Gasteiger partial charge in [-0.1, -0.05) is 39.5 Å². The van der Waals surface area contributed by atoms with Gasteiger partial charge in [-0.25, -0.2) is 0 Å². The lowest BCUT2D eigenvalue weighted by Crippen LogP contribution is -2.45. The van der Waals surface area contributed by atoms with Crippen LogP contribution in [0.4, 0.5) is 0 Å². The Labute approximate surface area is 101 Å². The minimum Gasteiger partial charge on any atom is -0.0594 e. The SMILES string of the molecule is CC1(C)CCC2(CCCC2)CC12CCCC2. The van der Waals surface area contributed by atoms with Gasteiger partial charge in [-0.2, -0.15) is 0 Å². The zero-order chi connectivity index (χ0) is 11.3. The molecule has 0 unspecified atom stereocenters. The molecule has 0 bridgehead atoms. The van der Waals surface area contributed by atoms with Gasteiger partial charge in [-0.3, -0.25) is 0 Å². The molecule has 3 aliphatic rings. The van der Waals surface area contributed by atoms with E-state index in [-0.39, 0.29) is 0 Å². The lowest BCUT2D eigenvalue weighted by Gasteiger charge is -2.55. The van der Waals surface area contributed by atoms with Crippen molar-refractivity contribution in [3.05, 3.63) is 0 Å². The zero-order valence-electron chi connectivity index (χ0n) is 11.3. The maximum atomic E-state index is 2.57. The topological polar surface area (TPSA) is 0 Å². The summed E-state index contributed by atoms with van der Waals surface area (Å²) in [5.74, 6) is 0. The third-order valence-corrected chi connectivity index (χ3v) is 6.65. The van der Waals surface area contributed by atoms with Crippen molar-refractivity contribution < 1.29 is 0 Å². The van der Waals surface area contributed by atoms with Crippen LogP contribution in [0.25, 0.3) is 0 Å². The summed E-state index contributed by atoms with van der Waals surface area (Å²) in [7, 11) is 0. The first-order valence-corrected chi connectivity index (χ1v) is 7.58. The molecular weight excluding hydrogens is 192 g/mol. The molecule has 0 N–H and O–H groups in total. The highest BCUT2D eigenvalue weighted by Crippen LogP contribution is 2.66. The lowest BCUT2D eigenvalue weighted by molar-refractivity contribution is -0.0483. The summed E-state index contributed by atoms with van der Waals surface area (Å²) >= 11 is 0. The van der Waals surface area contributed by atoms with Crippen LogP contribution in [-0.4, -0.2) is 0 Å². The summed E-state index contributed by atoms with van der Waals surface area (Å²) in [6, 6.07) is 0. The molecule has 0 radical (unpaired) electrons. The molecule has 0 heteroatoms. The van der Waals surface area contributed by atoms with Crippen LogP contribution in [0.1, 0.15) is 84.5 Å². The summed E-state index contributed by atoms with van der Waals surface area (Å²) in [6.45, 7) is 5.14. The van der Waals surface area contributed by atoms with Gasteiger partial charge in [0.1, 0.15) is 0 Å². The van der Waals surface area contributed by atoms with Gasteiger partial charge in [-0.05, 0) is 61.2 Å². The minimum atomic E-state index is 0.636. The van der Waals surface area contributed by atoms with E-state index in [1.54, 1.807) is 38.5 Å². The summed E-state index contributed by atoms with van der Waals surface area (Å²) < 4.78 is 0. The van der Waals surface area contributed by atoms with E-state index in [9.17, 15) is 0 Å². The first-order valence-electron chi connectivity index (χ1n) is 7.58. The highest BCUT2D eigenvalue weighted by Gasteiger charge is 2.55. The molecule has 92 valence electrons. The standard InChI is InChI=1S/C16H28/c1-14(2)11-12-15(7-3-4-8-15)13-16(14)9-5-6-10-16/h3-13H2,1-2H3. The number of rotatable bonds is 0. The Balaban J connectivity index is 1.87. The number of hydrogen-bond donors (Lipinski definition) is 0. The third kappa shape index (κ3) is 1.48. The first kappa shape index (κ1) is 11.1. The lowest BCUT2D eigenvalue weighted by atomic mass is 9.50. The van der Waals surface area contributed by atoms with Crippen molar-refractivity contribution in [1.82, 2.24) is 0 Å². The van der Waals surface area contributed by atoms with Crippen molar-refractivity contribution >= 4 is 0 Å². The van der Waals surface area contributed by atoms with Crippen molar-refractivity contribution in [3.8, 4) is 0 Å². The largest absolute Gasteiger partial charge is 0.0594 e. The van der Waals surface area contributed by atoms with Crippen LogP contribution in [0.3, 0.4) is 0 Å². The predicted octanol–water partition coefficient (Wildman–Crippen LogP) is 5.32. The van der Waals surface area contributed by atoms with Crippen LogP contribution in [0.2, 0.25) is 0 Å². The van der Waals surface area contributed by atoms with Gasteiger partial charge < -0.3 is 0 Å². The van der Waals surface area contributed by atoms with Gasteiger partial charge in [0.2, 0.25) is 0 Å². The molecule has 0 aromatic heterocycles. The molecular formula is C16H28. The number of hydrogen-bond acceptors (Lipinski definition) is 0. The highest BCUT2D eigenvalue weighted by molar-refractivity contribution is 5.05. The molecule has 0 aromatic carbocycles. The predicted molar refractivity (Wildman–Crippen MR) is 69.4 cm³/mol. The summed E-state index contributed by atoms with van der Waals surface area (Å²) in [5.41, 5.74) is 2.19. The van der Waals surface area contributed by atoms with Gasteiger partial charge in [0.15, 0.2) is 0 Å². The van der Waals surface area contributed by atoms with Crippen molar-refractivity contribution in [1.29, 1.82) is 0 Å². The monoisotopic (exact) mass is 220 g/mol. The van der Waals surface area contributed by atoms with E-state index >= 15 is 0 Å². The molecule has 0 nitrogen and oxygen atoms in total. The van der Waals surface area contributed by atoms with Gasteiger partial charge in [-0.15, -0.1) is 0 Å². The molecule has 0 aromatic rings. The van der Waals surface area contributed by atoms with E-state index in [1.807, 2.05) is 0 Å². The van der Waals surface area contributed by atoms with E-state index in [1.165, 1.54) is 32.1 Å². The quantitative estimate of drug-likeness (QED) is 0.518. The van der Waals surface area contributed by atoms with E-state index < -0.39 is 0 Å². The Kier molecular flexibility index (Phi) is 2.43. The Hall–Kier alpha value is 0. The van der Waals surface area contributed by atoms with Gasteiger partial charge in [0.05, 0.1) is 0 Å². The second-order valence-corrected chi connectivity index (χ2v) is 7.76. The van der Waals surface area contributed by atoms with Crippen LogP contribution in [-0.2, 0) is 0 Å². The van der Waals surface area contributed by atoms with Crippen LogP contribution in [0.15, 0.2) is 0 Å². The fourth-order valence-corrected chi connectivity index (χ4v) is 5.35. The van der Waals surface area contributed by atoms with Gasteiger partial charge in [0.25, 0.3) is 0 Å². The van der Waals surface area contributed by atoms with Gasteiger partial charge >= 0.3 is 0 Å². The summed E-state index contributed by atoms with van der Waals surface area (Å²) in [6.07, 6.45) is 16.9. The molecule has 3 rings (SSSR count). The Bertz CT molecular complexity index is 262. The Morgan fingerprint density at radius 3 is 1.81 bits per heavy atom. The molecule has 3 fully saturated rings. The third-order valence-electron chi connectivity index (χ3n) is 6.65. The second kappa shape index (κ2) is 3.50. The van der Waals surface area contributed by atoms with Crippen LogP contribution in [0.5, 0.6) is 0 Å². The van der Waals surface area contributed by atoms with Crippen molar-refractivity contribution in [3.63, 3.8) is 0 Å². The van der Waals surface area contributed by atoms with Gasteiger partial charge in [0, 0.05) is 0 Å². The average molecular weight is 220 g/mol. The Morgan fingerprint density at radius 2 is 1.19 bits per heavy atom.